The smallest absolute Gasteiger partial charge is 0.241 e. The first-order chi connectivity index (χ1) is 24.2. The summed E-state index contributed by atoms with van der Waals surface area (Å²) in [6, 6.07) is 45.6. The van der Waals surface area contributed by atoms with Gasteiger partial charge in [0.2, 0.25) is 5.79 Å². The number of rotatable bonds is 2. The van der Waals surface area contributed by atoms with Gasteiger partial charge < -0.3 is 9.47 Å². The maximum atomic E-state index is 6.82. The second kappa shape index (κ2) is 9.65. The average molecular weight is 665 g/mol. The van der Waals surface area contributed by atoms with Crippen LogP contribution >= 0.6 is 22.7 Å². The van der Waals surface area contributed by atoms with Crippen molar-refractivity contribution in [2.75, 3.05) is 13.2 Å². The van der Waals surface area contributed by atoms with Crippen molar-refractivity contribution in [1.29, 1.82) is 0 Å². The molecule has 0 fully saturated rings. The molecular weight excluding hydrogens is 637 g/mol. The van der Waals surface area contributed by atoms with Gasteiger partial charge >= 0.3 is 0 Å². The number of benzene rings is 8. The molecular formula is C45H28O2S2. The Kier molecular flexibility index (Phi) is 5.32. The fraction of sp³-hybridized carbons (Fsp3) is 0.111. The largest absolute Gasteiger partial charge is 0.341 e. The van der Waals surface area contributed by atoms with Crippen LogP contribution < -0.4 is 0 Å². The van der Waals surface area contributed by atoms with Gasteiger partial charge in [0, 0.05) is 9.75 Å². The molecule has 232 valence electrons. The van der Waals surface area contributed by atoms with Crippen LogP contribution in [0.1, 0.15) is 20.9 Å². The fourth-order valence-corrected chi connectivity index (χ4v) is 11.7. The van der Waals surface area contributed by atoms with Gasteiger partial charge in [-0.25, -0.2) is 0 Å². The second-order valence-corrected chi connectivity index (χ2v) is 15.8. The molecule has 4 heterocycles. The topological polar surface area (TPSA) is 18.5 Å². The van der Waals surface area contributed by atoms with Gasteiger partial charge in [-0.05, 0) is 112 Å². The van der Waals surface area contributed by atoms with Gasteiger partial charge in [0.1, 0.15) is 0 Å². The lowest BCUT2D eigenvalue weighted by molar-refractivity contribution is -0.225. The quantitative estimate of drug-likeness (QED) is 0.171. The monoisotopic (exact) mass is 664 g/mol. The number of thiophene rings is 2. The summed E-state index contributed by atoms with van der Waals surface area (Å²) in [6.07, 6.45) is 1.79. The van der Waals surface area contributed by atoms with Gasteiger partial charge in [0.25, 0.3) is 0 Å². The van der Waals surface area contributed by atoms with Crippen LogP contribution in [0.15, 0.2) is 121 Å². The summed E-state index contributed by atoms with van der Waals surface area (Å²) in [4.78, 5) is 4.99. The van der Waals surface area contributed by atoms with Crippen molar-refractivity contribution in [2.24, 2.45) is 0 Å². The van der Waals surface area contributed by atoms with Crippen LogP contribution in [-0.2, 0) is 28.1 Å². The van der Waals surface area contributed by atoms with Crippen LogP contribution in [-0.4, -0.2) is 13.2 Å². The van der Waals surface area contributed by atoms with Crippen molar-refractivity contribution in [2.45, 2.75) is 18.6 Å². The van der Waals surface area contributed by atoms with E-state index in [4.69, 9.17) is 9.47 Å². The third kappa shape index (κ3) is 3.57. The Morgan fingerprint density at radius 2 is 0.816 bits per heavy atom. The number of ether oxygens (including phenoxy) is 2. The summed E-state index contributed by atoms with van der Waals surface area (Å²) < 4.78 is 13.6. The Labute approximate surface area is 290 Å². The molecule has 2 aliphatic heterocycles. The van der Waals surface area contributed by atoms with E-state index in [1.54, 1.807) is 0 Å². The SMILES string of the molecule is c1cc2ccc3ccc(-c4cc5c(s4)C4(OCC5)OCCc5cc(-c6ccc7ccc8cccc9ccc6c7c89)sc54)c4ccc(c1)c2c34. The average Bonchev–Trinajstić information content (AvgIpc) is 3.80. The van der Waals surface area contributed by atoms with Crippen LogP contribution in [0.2, 0.25) is 0 Å². The zero-order valence-electron chi connectivity index (χ0n) is 26.5. The summed E-state index contributed by atoms with van der Waals surface area (Å²) >= 11 is 3.71. The molecule has 0 N–H and O–H groups in total. The number of hydrogen-bond donors (Lipinski definition) is 0. The van der Waals surface area contributed by atoms with Gasteiger partial charge in [-0.15, -0.1) is 22.7 Å². The van der Waals surface area contributed by atoms with Crippen molar-refractivity contribution < 1.29 is 9.47 Å². The standard InChI is InChI=1S/C45H28O2S2/c1-3-25-7-9-29-11-15-33(35-17-13-27(5-1)39(25)41(29)35)37-23-31-19-21-46-45(43(31)48-37)44-32(20-22-47-45)24-38(49-44)34-16-12-30-10-8-26-4-2-6-28-14-18-36(34)42(30)40(26)28/h1-18,23-24H,19-22H2. The predicted molar refractivity (Wildman–Crippen MR) is 207 cm³/mol. The molecule has 0 atom stereocenters. The van der Waals surface area contributed by atoms with Gasteiger partial charge in [-0.1, -0.05) is 109 Å². The molecule has 0 amide bonds. The second-order valence-electron chi connectivity index (χ2n) is 13.7. The normalized spacial score (nSPS) is 15.8. The Hall–Kier alpha value is -4.84. The first-order valence-corrected chi connectivity index (χ1v) is 18.7. The first kappa shape index (κ1) is 27.0. The summed E-state index contributed by atoms with van der Waals surface area (Å²) in [5.74, 6) is -0.861. The molecule has 10 aromatic rings. The van der Waals surface area contributed by atoms with Gasteiger partial charge in [-0.2, -0.15) is 0 Å². The number of hydrogen-bond acceptors (Lipinski definition) is 4. The molecule has 1 spiro atoms. The fourth-order valence-electron chi connectivity index (χ4n) is 8.97. The molecule has 0 aliphatic carbocycles. The van der Waals surface area contributed by atoms with E-state index in [0.717, 1.165) is 12.8 Å². The summed E-state index contributed by atoms with van der Waals surface area (Å²) in [5.41, 5.74) is 5.28. The summed E-state index contributed by atoms with van der Waals surface area (Å²) in [7, 11) is 0. The van der Waals surface area contributed by atoms with E-state index in [9.17, 15) is 0 Å². The molecule has 12 rings (SSSR count). The predicted octanol–water partition coefficient (Wildman–Crippen LogP) is 12.3. The molecule has 2 aliphatic rings. The minimum Gasteiger partial charge on any atom is -0.341 e. The lowest BCUT2D eigenvalue weighted by atomic mass is 9.91. The van der Waals surface area contributed by atoms with Crippen molar-refractivity contribution in [1.82, 2.24) is 0 Å². The molecule has 0 bridgehead atoms. The maximum absolute atomic E-state index is 6.82. The molecule has 0 radical (unpaired) electrons. The zero-order chi connectivity index (χ0) is 31.8. The third-order valence-electron chi connectivity index (χ3n) is 11.2. The van der Waals surface area contributed by atoms with Gasteiger partial charge in [0.15, 0.2) is 0 Å². The third-order valence-corrected chi connectivity index (χ3v) is 13.7. The number of fused-ring (bicyclic) bond motifs is 4. The maximum Gasteiger partial charge on any atom is 0.241 e. The molecule has 2 nitrogen and oxygen atoms in total. The van der Waals surface area contributed by atoms with Crippen LogP contribution in [0.3, 0.4) is 0 Å². The molecule has 0 saturated carbocycles. The Balaban J connectivity index is 1.03. The Bertz CT molecular complexity index is 2730. The van der Waals surface area contributed by atoms with Crippen LogP contribution in [0, 0.1) is 0 Å². The van der Waals surface area contributed by atoms with Crippen molar-refractivity contribution in [3.05, 3.63) is 142 Å². The summed E-state index contributed by atoms with van der Waals surface area (Å²) in [5, 5.41) is 15.8. The van der Waals surface area contributed by atoms with Gasteiger partial charge in [-0.3, -0.25) is 0 Å². The van der Waals surface area contributed by atoms with E-state index in [1.807, 2.05) is 22.7 Å². The van der Waals surface area contributed by atoms with E-state index in [1.165, 1.54) is 106 Å². The van der Waals surface area contributed by atoms with Crippen molar-refractivity contribution in [3.63, 3.8) is 0 Å². The van der Waals surface area contributed by atoms with Crippen molar-refractivity contribution >= 4 is 87.3 Å². The molecule has 8 aromatic carbocycles. The van der Waals surface area contributed by atoms with E-state index >= 15 is 0 Å². The highest BCUT2D eigenvalue weighted by molar-refractivity contribution is 7.17. The van der Waals surface area contributed by atoms with E-state index in [-0.39, 0.29) is 0 Å². The molecule has 4 heteroatoms. The summed E-state index contributed by atoms with van der Waals surface area (Å²) in [6.45, 7) is 1.29. The highest BCUT2D eigenvalue weighted by atomic mass is 32.1. The minimum absolute atomic E-state index is 0.646. The van der Waals surface area contributed by atoms with E-state index < -0.39 is 5.79 Å². The highest BCUT2D eigenvalue weighted by Crippen LogP contribution is 2.54. The highest BCUT2D eigenvalue weighted by Gasteiger charge is 2.48. The lowest BCUT2D eigenvalue weighted by Crippen LogP contribution is -2.41. The van der Waals surface area contributed by atoms with E-state index in [0.29, 0.717) is 13.2 Å². The zero-order valence-corrected chi connectivity index (χ0v) is 28.1. The van der Waals surface area contributed by atoms with Crippen LogP contribution in [0.4, 0.5) is 0 Å². The Morgan fingerprint density at radius 1 is 0.429 bits per heavy atom. The Morgan fingerprint density at radius 3 is 1.27 bits per heavy atom. The molecule has 0 saturated heterocycles. The molecule has 49 heavy (non-hydrogen) atoms. The first-order valence-electron chi connectivity index (χ1n) is 17.1. The van der Waals surface area contributed by atoms with Crippen LogP contribution in [0.25, 0.3) is 85.5 Å². The van der Waals surface area contributed by atoms with Crippen LogP contribution in [0.5, 0.6) is 0 Å². The van der Waals surface area contributed by atoms with Gasteiger partial charge in [0.05, 0.1) is 23.0 Å². The van der Waals surface area contributed by atoms with Crippen molar-refractivity contribution in [3.8, 4) is 20.9 Å². The minimum atomic E-state index is -0.861. The van der Waals surface area contributed by atoms with E-state index in [2.05, 4.69) is 121 Å². The lowest BCUT2D eigenvalue weighted by Gasteiger charge is -2.39. The molecule has 2 aromatic heterocycles. The molecule has 0 unspecified atom stereocenters.